The molecule has 17 heavy (non-hydrogen) atoms. The summed E-state index contributed by atoms with van der Waals surface area (Å²) in [6.07, 6.45) is -0.823. The van der Waals surface area contributed by atoms with Crippen molar-refractivity contribution in [1.82, 2.24) is 0 Å². The highest BCUT2D eigenvalue weighted by Crippen LogP contribution is 2.61. The molecule has 1 aliphatic carbocycles. The summed E-state index contributed by atoms with van der Waals surface area (Å²) < 4.78 is 26.3. The lowest BCUT2D eigenvalue weighted by Gasteiger charge is -2.11. The molecule has 1 aromatic rings. The second-order valence-corrected chi connectivity index (χ2v) is 3.90. The van der Waals surface area contributed by atoms with Crippen molar-refractivity contribution in [3.63, 3.8) is 0 Å². The standard InChI is InChI=1S/C10H7F2NO4/c11-10(12)5-9(10,8(14)15)6-2-1-3-7(4-6)13(16)17/h1-4H,5H2,(H,14,15). The molecular formula is C10H7F2NO4. The van der Waals surface area contributed by atoms with Crippen LogP contribution < -0.4 is 0 Å². The fourth-order valence-electron chi connectivity index (χ4n) is 1.84. The Morgan fingerprint density at radius 2 is 2.06 bits per heavy atom. The van der Waals surface area contributed by atoms with E-state index in [4.69, 9.17) is 5.11 Å². The van der Waals surface area contributed by atoms with Gasteiger partial charge in [-0.3, -0.25) is 14.9 Å². The lowest BCUT2D eigenvalue weighted by molar-refractivity contribution is -0.384. The summed E-state index contributed by atoms with van der Waals surface area (Å²) in [6, 6.07) is 4.38. The largest absolute Gasteiger partial charge is 0.480 e. The van der Waals surface area contributed by atoms with E-state index in [1.165, 1.54) is 12.1 Å². The number of nitro groups is 1. The topological polar surface area (TPSA) is 80.4 Å². The number of aliphatic carboxylic acids is 1. The van der Waals surface area contributed by atoms with Crippen LogP contribution in [0.4, 0.5) is 14.5 Å². The molecule has 1 unspecified atom stereocenters. The zero-order valence-corrected chi connectivity index (χ0v) is 8.39. The van der Waals surface area contributed by atoms with Crippen LogP contribution in [0.15, 0.2) is 24.3 Å². The molecular weight excluding hydrogens is 236 g/mol. The number of carboxylic acid groups (broad SMARTS) is 1. The molecule has 0 spiro atoms. The van der Waals surface area contributed by atoms with Crippen molar-refractivity contribution in [2.45, 2.75) is 17.8 Å². The minimum Gasteiger partial charge on any atom is -0.480 e. The average Bonchev–Trinajstić information content (AvgIpc) is 2.83. The molecule has 0 saturated heterocycles. The smallest absolute Gasteiger partial charge is 0.320 e. The minimum atomic E-state index is -3.35. The molecule has 1 atom stereocenters. The third kappa shape index (κ3) is 1.46. The van der Waals surface area contributed by atoms with E-state index in [1.54, 1.807) is 0 Å². The van der Waals surface area contributed by atoms with Gasteiger partial charge in [-0.05, 0) is 5.56 Å². The molecule has 90 valence electrons. The van der Waals surface area contributed by atoms with Gasteiger partial charge in [-0.25, -0.2) is 8.78 Å². The highest BCUT2D eigenvalue weighted by molar-refractivity contribution is 5.88. The van der Waals surface area contributed by atoms with Crippen LogP contribution >= 0.6 is 0 Å². The van der Waals surface area contributed by atoms with E-state index in [0.717, 1.165) is 12.1 Å². The Kier molecular flexibility index (Phi) is 2.17. The summed E-state index contributed by atoms with van der Waals surface area (Å²) in [5.41, 5.74) is -2.94. The van der Waals surface area contributed by atoms with Gasteiger partial charge < -0.3 is 5.11 Å². The number of hydrogen-bond donors (Lipinski definition) is 1. The molecule has 1 aliphatic rings. The predicted octanol–water partition coefficient (Wildman–Crippen LogP) is 1.96. The first-order valence-electron chi connectivity index (χ1n) is 4.67. The number of rotatable bonds is 3. The number of hydrogen-bond acceptors (Lipinski definition) is 3. The summed E-state index contributed by atoms with van der Waals surface area (Å²) >= 11 is 0. The van der Waals surface area contributed by atoms with Crippen molar-refractivity contribution in [2.24, 2.45) is 0 Å². The molecule has 0 aliphatic heterocycles. The van der Waals surface area contributed by atoms with Gasteiger partial charge in [0.15, 0.2) is 5.41 Å². The zero-order valence-electron chi connectivity index (χ0n) is 8.39. The molecule has 7 heteroatoms. The van der Waals surface area contributed by atoms with Crippen molar-refractivity contribution in [2.75, 3.05) is 0 Å². The second kappa shape index (κ2) is 3.22. The van der Waals surface area contributed by atoms with Crippen molar-refractivity contribution in [3.8, 4) is 0 Å². The Balaban J connectivity index is 2.51. The normalized spacial score (nSPS) is 25.3. The van der Waals surface area contributed by atoms with Crippen molar-refractivity contribution >= 4 is 11.7 Å². The maximum absolute atomic E-state index is 13.2. The van der Waals surface area contributed by atoms with E-state index in [-0.39, 0.29) is 5.56 Å². The SMILES string of the molecule is O=C(O)C1(c2cccc([N+](=O)[O-])c2)CC1(F)F. The summed E-state index contributed by atoms with van der Waals surface area (Å²) in [6.45, 7) is 0. The van der Waals surface area contributed by atoms with Crippen LogP contribution in [-0.4, -0.2) is 21.9 Å². The number of nitrogens with zero attached hydrogens (tertiary/aromatic N) is 1. The second-order valence-electron chi connectivity index (χ2n) is 3.90. The third-order valence-corrected chi connectivity index (χ3v) is 2.90. The lowest BCUT2D eigenvalue weighted by Crippen LogP contribution is -2.27. The Morgan fingerprint density at radius 1 is 1.47 bits per heavy atom. The zero-order chi connectivity index (χ0) is 12.8. The van der Waals surface area contributed by atoms with Crippen LogP contribution in [0.3, 0.4) is 0 Å². The molecule has 0 aromatic heterocycles. The number of non-ortho nitro benzene ring substituents is 1. The summed E-state index contributed by atoms with van der Waals surface area (Å²) in [7, 11) is 0. The van der Waals surface area contributed by atoms with Gasteiger partial charge in [0.25, 0.3) is 11.6 Å². The summed E-state index contributed by atoms with van der Waals surface area (Å²) in [4.78, 5) is 20.7. The van der Waals surface area contributed by atoms with E-state index >= 15 is 0 Å². The van der Waals surface area contributed by atoms with Crippen molar-refractivity contribution in [1.29, 1.82) is 0 Å². The number of nitro benzene ring substituents is 1. The predicted molar refractivity (Wildman–Crippen MR) is 52.0 cm³/mol. The molecule has 1 fully saturated rings. The van der Waals surface area contributed by atoms with Crippen LogP contribution in [0.1, 0.15) is 12.0 Å². The highest BCUT2D eigenvalue weighted by Gasteiger charge is 2.77. The molecule has 5 nitrogen and oxygen atoms in total. The first kappa shape index (κ1) is 11.4. The van der Waals surface area contributed by atoms with Crippen molar-refractivity contribution < 1.29 is 23.6 Å². The molecule has 1 saturated carbocycles. The van der Waals surface area contributed by atoms with Gasteiger partial charge in [0.1, 0.15) is 0 Å². The van der Waals surface area contributed by atoms with Gasteiger partial charge in [-0.15, -0.1) is 0 Å². The molecule has 0 bridgehead atoms. The fraction of sp³-hybridized carbons (Fsp3) is 0.300. The van der Waals surface area contributed by atoms with Crippen LogP contribution in [0.25, 0.3) is 0 Å². The monoisotopic (exact) mass is 243 g/mol. The quantitative estimate of drug-likeness (QED) is 0.649. The van der Waals surface area contributed by atoms with Gasteiger partial charge in [-0.2, -0.15) is 0 Å². The van der Waals surface area contributed by atoms with Gasteiger partial charge in [0, 0.05) is 18.6 Å². The number of halogens is 2. The van der Waals surface area contributed by atoms with Gasteiger partial charge in [0.2, 0.25) is 0 Å². The average molecular weight is 243 g/mol. The van der Waals surface area contributed by atoms with E-state index in [2.05, 4.69) is 0 Å². The van der Waals surface area contributed by atoms with Gasteiger partial charge in [0.05, 0.1) is 4.92 Å². The number of alkyl halides is 2. The van der Waals surface area contributed by atoms with E-state index in [0.29, 0.717) is 0 Å². The van der Waals surface area contributed by atoms with E-state index < -0.39 is 34.3 Å². The maximum atomic E-state index is 13.2. The number of benzene rings is 1. The maximum Gasteiger partial charge on any atom is 0.320 e. The van der Waals surface area contributed by atoms with Crippen LogP contribution in [0.5, 0.6) is 0 Å². The third-order valence-electron chi connectivity index (χ3n) is 2.90. The first-order chi connectivity index (χ1) is 7.81. The van der Waals surface area contributed by atoms with E-state index in [1.807, 2.05) is 0 Å². The summed E-state index contributed by atoms with van der Waals surface area (Å²) in [5, 5.41) is 19.4. The van der Waals surface area contributed by atoms with Gasteiger partial charge >= 0.3 is 5.97 Å². The van der Waals surface area contributed by atoms with Crippen LogP contribution in [0, 0.1) is 10.1 Å². The highest BCUT2D eigenvalue weighted by atomic mass is 19.3. The Bertz CT molecular complexity index is 517. The molecule has 2 rings (SSSR count). The molecule has 1 aromatic carbocycles. The first-order valence-corrected chi connectivity index (χ1v) is 4.67. The van der Waals surface area contributed by atoms with Gasteiger partial charge in [-0.1, -0.05) is 12.1 Å². The fourth-order valence-corrected chi connectivity index (χ4v) is 1.84. The minimum absolute atomic E-state index is 0.232. The number of carbonyl (C=O) groups is 1. The van der Waals surface area contributed by atoms with Crippen molar-refractivity contribution in [3.05, 3.63) is 39.9 Å². The Morgan fingerprint density at radius 3 is 2.47 bits per heavy atom. The Labute approximate surface area is 93.8 Å². The van der Waals surface area contributed by atoms with Crippen LogP contribution in [0.2, 0.25) is 0 Å². The molecule has 0 heterocycles. The van der Waals surface area contributed by atoms with Crippen LogP contribution in [-0.2, 0) is 10.2 Å². The summed E-state index contributed by atoms with van der Waals surface area (Å²) in [5.74, 6) is -5.02. The number of carboxylic acids is 1. The molecule has 0 radical (unpaired) electrons. The Hall–Kier alpha value is -2.05. The molecule has 1 N–H and O–H groups in total. The van der Waals surface area contributed by atoms with E-state index in [9.17, 15) is 23.7 Å². The molecule has 0 amide bonds. The lowest BCUT2D eigenvalue weighted by atomic mass is 9.95.